The molecule has 0 N–H and O–H groups in total. The summed E-state index contributed by atoms with van der Waals surface area (Å²) in [5.41, 5.74) is 4.16. The smallest absolute Gasteiger partial charge is 0.160 e. The van der Waals surface area contributed by atoms with Crippen LogP contribution in [0.3, 0.4) is 0 Å². The summed E-state index contributed by atoms with van der Waals surface area (Å²) in [6.07, 6.45) is 10.9. The SMILES string of the molecule is C=CCC(C)c1ncc(-c2ccsc2C=O)cc1C=CCC. The molecule has 0 spiro atoms. The minimum atomic E-state index is 0.330. The maximum atomic E-state index is 11.1. The molecule has 0 fully saturated rings. The first-order valence-electron chi connectivity index (χ1n) is 7.51. The number of rotatable bonds is 7. The molecule has 1 unspecified atom stereocenters. The van der Waals surface area contributed by atoms with Crippen molar-refractivity contribution in [2.24, 2.45) is 0 Å². The van der Waals surface area contributed by atoms with Crippen LogP contribution >= 0.6 is 11.3 Å². The van der Waals surface area contributed by atoms with Gasteiger partial charge in [0.05, 0.1) is 10.6 Å². The Balaban J connectivity index is 2.49. The summed E-state index contributed by atoms with van der Waals surface area (Å²) in [4.78, 5) is 16.6. The quantitative estimate of drug-likeness (QED) is 0.483. The highest BCUT2D eigenvalue weighted by Crippen LogP contribution is 2.30. The molecular formula is C19H21NOS. The normalized spacial score (nSPS) is 12.5. The fourth-order valence-electron chi connectivity index (χ4n) is 2.44. The number of carbonyl (C=O) groups excluding carboxylic acids is 1. The maximum Gasteiger partial charge on any atom is 0.160 e. The molecule has 3 heteroatoms. The minimum Gasteiger partial charge on any atom is -0.297 e. The number of pyridine rings is 1. The molecule has 0 saturated carbocycles. The van der Waals surface area contributed by atoms with Crippen molar-refractivity contribution < 1.29 is 4.79 Å². The fraction of sp³-hybridized carbons (Fsp3) is 0.263. The van der Waals surface area contributed by atoms with E-state index >= 15 is 0 Å². The zero-order valence-corrected chi connectivity index (χ0v) is 13.9. The summed E-state index contributed by atoms with van der Waals surface area (Å²) in [7, 11) is 0. The molecule has 114 valence electrons. The van der Waals surface area contributed by atoms with Crippen molar-refractivity contribution in [2.45, 2.75) is 32.6 Å². The largest absolute Gasteiger partial charge is 0.297 e. The van der Waals surface area contributed by atoms with Crippen molar-refractivity contribution in [3.05, 3.63) is 58.6 Å². The van der Waals surface area contributed by atoms with Gasteiger partial charge in [-0.15, -0.1) is 17.9 Å². The van der Waals surface area contributed by atoms with E-state index < -0.39 is 0 Å². The van der Waals surface area contributed by atoms with Gasteiger partial charge in [0.15, 0.2) is 6.29 Å². The van der Waals surface area contributed by atoms with Gasteiger partial charge in [-0.05, 0) is 35.9 Å². The van der Waals surface area contributed by atoms with E-state index in [2.05, 4.69) is 43.6 Å². The standard InChI is InChI=1S/C19H21NOS/c1-4-6-8-15-11-16(17-9-10-22-18(17)13-21)12-20-19(15)14(3)7-5-2/h5-6,8-14H,2,4,7H2,1,3H3. The topological polar surface area (TPSA) is 30.0 Å². The first kappa shape index (κ1) is 16.4. The lowest BCUT2D eigenvalue weighted by atomic mass is 9.96. The number of allylic oxidation sites excluding steroid dienone is 2. The molecule has 2 aromatic rings. The predicted octanol–water partition coefficient (Wildman–Crippen LogP) is 5.73. The van der Waals surface area contributed by atoms with Crippen LogP contribution in [0.1, 0.15) is 53.5 Å². The molecule has 0 amide bonds. The van der Waals surface area contributed by atoms with Crippen molar-refractivity contribution in [1.29, 1.82) is 0 Å². The third-order valence-electron chi connectivity index (χ3n) is 3.58. The van der Waals surface area contributed by atoms with Gasteiger partial charge in [0.2, 0.25) is 0 Å². The third-order valence-corrected chi connectivity index (χ3v) is 4.43. The Bertz CT molecular complexity index is 684. The van der Waals surface area contributed by atoms with E-state index in [1.54, 1.807) is 0 Å². The summed E-state index contributed by atoms with van der Waals surface area (Å²) >= 11 is 1.46. The van der Waals surface area contributed by atoms with Crippen LogP contribution in [-0.2, 0) is 0 Å². The highest BCUT2D eigenvalue weighted by molar-refractivity contribution is 7.12. The van der Waals surface area contributed by atoms with Gasteiger partial charge >= 0.3 is 0 Å². The van der Waals surface area contributed by atoms with Gasteiger partial charge in [-0.1, -0.05) is 32.1 Å². The van der Waals surface area contributed by atoms with Gasteiger partial charge in [0.25, 0.3) is 0 Å². The van der Waals surface area contributed by atoms with E-state index in [0.29, 0.717) is 5.92 Å². The monoisotopic (exact) mass is 311 g/mol. The Morgan fingerprint density at radius 1 is 1.45 bits per heavy atom. The highest BCUT2D eigenvalue weighted by Gasteiger charge is 2.13. The summed E-state index contributed by atoms with van der Waals surface area (Å²) in [5, 5.41) is 1.94. The molecule has 2 aromatic heterocycles. The number of carbonyl (C=O) groups is 1. The van der Waals surface area contributed by atoms with Crippen LogP contribution in [0.25, 0.3) is 17.2 Å². The number of thiophene rings is 1. The lowest BCUT2D eigenvalue weighted by Crippen LogP contribution is -2.00. The number of aldehydes is 1. The molecular weight excluding hydrogens is 290 g/mol. The van der Waals surface area contributed by atoms with Gasteiger partial charge in [0.1, 0.15) is 0 Å². The molecule has 0 radical (unpaired) electrons. The molecule has 2 rings (SSSR count). The molecule has 2 heterocycles. The number of aromatic nitrogens is 1. The van der Waals surface area contributed by atoms with Crippen LogP contribution in [0.2, 0.25) is 0 Å². The molecule has 1 atom stereocenters. The van der Waals surface area contributed by atoms with E-state index in [1.807, 2.05) is 23.7 Å². The predicted molar refractivity (Wildman–Crippen MR) is 95.5 cm³/mol. The molecule has 0 bridgehead atoms. The Morgan fingerprint density at radius 2 is 2.27 bits per heavy atom. The van der Waals surface area contributed by atoms with Crippen molar-refractivity contribution in [3.8, 4) is 11.1 Å². The zero-order valence-electron chi connectivity index (χ0n) is 13.1. The second kappa shape index (κ2) is 7.85. The molecule has 0 saturated heterocycles. The Morgan fingerprint density at radius 3 is 2.95 bits per heavy atom. The van der Waals surface area contributed by atoms with E-state index in [4.69, 9.17) is 0 Å². The number of hydrogen-bond donors (Lipinski definition) is 0. The van der Waals surface area contributed by atoms with E-state index in [-0.39, 0.29) is 0 Å². The van der Waals surface area contributed by atoms with Gasteiger partial charge in [-0.2, -0.15) is 0 Å². The van der Waals surface area contributed by atoms with Crippen LogP contribution in [-0.4, -0.2) is 11.3 Å². The van der Waals surface area contributed by atoms with Crippen LogP contribution < -0.4 is 0 Å². The lowest BCUT2D eigenvalue weighted by Gasteiger charge is -2.13. The van der Waals surface area contributed by atoms with Gasteiger partial charge in [0, 0.05) is 23.2 Å². The number of nitrogens with zero attached hydrogens (tertiary/aromatic N) is 1. The van der Waals surface area contributed by atoms with Gasteiger partial charge < -0.3 is 0 Å². The first-order valence-corrected chi connectivity index (χ1v) is 8.39. The zero-order chi connectivity index (χ0) is 15.9. The molecule has 0 aromatic carbocycles. The van der Waals surface area contributed by atoms with E-state index in [0.717, 1.165) is 46.4 Å². The van der Waals surface area contributed by atoms with Gasteiger partial charge in [-0.3, -0.25) is 9.78 Å². The van der Waals surface area contributed by atoms with Crippen LogP contribution in [0, 0.1) is 0 Å². The van der Waals surface area contributed by atoms with Crippen molar-refractivity contribution in [3.63, 3.8) is 0 Å². The van der Waals surface area contributed by atoms with Crippen LogP contribution in [0.4, 0.5) is 0 Å². The van der Waals surface area contributed by atoms with Crippen molar-refractivity contribution in [2.75, 3.05) is 0 Å². The van der Waals surface area contributed by atoms with E-state index in [1.165, 1.54) is 11.3 Å². The minimum absolute atomic E-state index is 0.330. The fourth-order valence-corrected chi connectivity index (χ4v) is 3.16. The molecule has 0 aliphatic rings. The molecule has 2 nitrogen and oxygen atoms in total. The van der Waals surface area contributed by atoms with Crippen molar-refractivity contribution >= 4 is 23.7 Å². The molecule has 0 aliphatic heterocycles. The third kappa shape index (κ3) is 3.60. The lowest BCUT2D eigenvalue weighted by molar-refractivity contribution is 0.112. The highest BCUT2D eigenvalue weighted by atomic mass is 32.1. The average molecular weight is 311 g/mol. The second-order valence-electron chi connectivity index (χ2n) is 5.25. The average Bonchev–Trinajstić information content (AvgIpc) is 3.01. The Kier molecular flexibility index (Phi) is 5.84. The summed E-state index contributed by atoms with van der Waals surface area (Å²) in [5.74, 6) is 0.330. The first-order chi connectivity index (χ1) is 10.7. The summed E-state index contributed by atoms with van der Waals surface area (Å²) in [6.45, 7) is 8.09. The van der Waals surface area contributed by atoms with Crippen molar-refractivity contribution in [1.82, 2.24) is 4.98 Å². The van der Waals surface area contributed by atoms with E-state index in [9.17, 15) is 4.79 Å². The number of hydrogen-bond acceptors (Lipinski definition) is 3. The maximum absolute atomic E-state index is 11.1. The summed E-state index contributed by atoms with van der Waals surface area (Å²) in [6, 6.07) is 4.11. The molecule has 22 heavy (non-hydrogen) atoms. The van der Waals surface area contributed by atoms with Crippen LogP contribution in [0.15, 0.2) is 42.4 Å². The molecule has 0 aliphatic carbocycles. The second-order valence-corrected chi connectivity index (χ2v) is 6.20. The Labute approximate surface area is 136 Å². The van der Waals surface area contributed by atoms with Crippen LogP contribution in [0.5, 0.6) is 0 Å². The summed E-state index contributed by atoms with van der Waals surface area (Å²) < 4.78 is 0. The Hall–Kier alpha value is -2.00. The van der Waals surface area contributed by atoms with Gasteiger partial charge in [-0.25, -0.2) is 0 Å².